The van der Waals surface area contributed by atoms with E-state index in [2.05, 4.69) is 50.2 Å². The summed E-state index contributed by atoms with van der Waals surface area (Å²) >= 11 is 0. The van der Waals surface area contributed by atoms with Crippen LogP contribution in [0.5, 0.6) is 5.75 Å². The van der Waals surface area contributed by atoms with Crippen LogP contribution in [0.1, 0.15) is 40.8 Å². The van der Waals surface area contributed by atoms with Crippen LogP contribution in [-0.4, -0.2) is 0 Å². The van der Waals surface area contributed by atoms with Gasteiger partial charge >= 0.3 is 0 Å². The number of nitrogens with two attached hydrogens (primary N) is 1. The van der Waals surface area contributed by atoms with Gasteiger partial charge in [-0.1, -0.05) is 47.5 Å². The highest BCUT2D eigenvalue weighted by atomic mass is 16.5. The van der Waals surface area contributed by atoms with Gasteiger partial charge in [0.2, 0.25) is 0 Å². The molecule has 19 heavy (non-hydrogen) atoms. The van der Waals surface area contributed by atoms with Crippen molar-refractivity contribution in [1.82, 2.24) is 0 Å². The Balaban J connectivity index is 1.92. The smallest absolute Gasteiger partial charge is 0.126 e. The predicted molar refractivity (Wildman–Crippen MR) is 77.3 cm³/mol. The van der Waals surface area contributed by atoms with Crippen LogP contribution in [0.25, 0.3) is 0 Å². The Morgan fingerprint density at radius 1 is 1.00 bits per heavy atom. The first-order valence-corrected chi connectivity index (χ1v) is 6.73. The van der Waals surface area contributed by atoms with Gasteiger partial charge in [0.05, 0.1) is 0 Å². The first-order chi connectivity index (χ1) is 9.13. The van der Waals surface area contributed by atoms with Crippen LogP contribution < -0.4 is 10.5 Å². The Bertz CT molecular complexity index is 589. The Kier molecular flexibility index (Phi) is 3.03. The molecule has 0 amide bonds. The molecule has 0 bridgehead atoms. The number of hydrogen-bond donors (Lipinski definition) is 1. The van der Waals surface area contributed by atoms with E-state index in [1.165, 1.54) is 16.7 Å². The number of rotatable bonds is 1. The van der Waals surface area contributed by atoms with E-state index in [0.717, 1.165) is 17.7 Å². The Morgan fingerprint density at radius 3 is 2.42 bits per heavy atom. The number of benzene rings is 2. The normalized spacial score (nSPS) is 21.6. The van der Waals surface area contributed by atoms with Crippen LogP contribution in [0.4, 0.5) is 0 Å². The summed E-state index contributed by atoms with van der Waals surface area (Å²) in [6, 6.07) is 14.8. The van der Waals surface area contributed by atoms with Crippen LogP contribution in [0.2, 0.25) is 0 Å². The average molecular weight is 253 g/mol. The lowest BCUT2D eigenvalue weighted by atomic mass is 9.92. The minimum absolute atomic E-state index is 0.0509. The summed E-state index contributed by atoms with van der Waals surface area (Å²) in [5.41, 5.74) is 11.1. The van der Waals surface area contributed by atoms with Gasteiger partial charge in [-0.15, -0.1) is 0 Å². The van der Waals surface area contributed by atoms with Crippen LogP contribution in [0.15, 0.2) is 42.5 Å². The Labute approximate surface area is 114 Å². The second kappa shape index (κ2) is 4.71. The molecule has 2 aromatic rings. The van der Waals surface area contributed by atoms with Crippen molar-refractivity contribution in [2.24, 2.45) is 5.73 Å². The van der Waals surface area contributed by atoms with E-state index in [1.807, 2.05) is 6.07 Å². The summed E-state index contributed by atoms with van der Waals surface area (Å²) in [5.74, 6) is 0.926. The molecule has 98 valence electrons. The molecule has 1 heterocycles. The average Bonchev–Trinajstić information content (AvgIpc) is 2.40. The Morgan fingerprint density at radius 2 is 1.68 bits per heavy atom. The molecule has 0 saturated heterocycles. The van der Waals surface area contributed by atoms with Crippen molar-refractivity contribution in [2.75, 3.05) is 0 Å². The molecule has 0 aliphatic carbocycles. The highest BCUT2D eigenvalue weighted by Gasteiger charge is 2.26. The third kappa shape index (κ3) is 2.36. The zero-order valence-electron chi connectivity index (χ0n) is 11.4. The minimum atomic E-state index is 0.0509. The largest absolute Gasteiger partial charge is 0.485 e. The van der Waals surface area contributed by atoms with Gasteiger partial charge in [0.1, 0.15) is 11.9 Å². The van der Waals surface area contributed by atoms with Gasteiger partial charge in [-0.05, 0) is 25.5 Å². The van der Waals surface area contributed by atoms with Crippen LogP contribution in [0, 0.1) is 13.8 Å². The SMILES string of the molecule is Cc1ccc(C2CC(N)c3cc(C)ccc3O2)cc1. The highest BCUT2D eigenvalue weighted by Crippen LogP contribution is 2.39. The van der Waals surface area contributed by atoms with Gasteiger partial charge in [0.25, 0.3) is 0 Å². The molecular formula is C17H19NO. The second-order valence-electron chi connectivity index (χ2n) is 5.40. The summed E-state index contributed by atoms with van der Waals surface area (Å²) in [4.78, 5) is 0. The van der Waals surface area contributed by atoms with Crippen molar-refractivity contribution in [2.45, 2.75) is 32.4 Å². The van der Waals surface area contributed by atoms with Crippen molar-refractivity contribution in [3.8, 4) is 5.75 Å². The van der Waals surface area contributed by atoms with E-state index in [9.17, 15) is 0 Å². The van der Waals surface area contributed by atoms with Crippen LogP contribution in [-0.2, 0) is 0 Å². The maximum absolute atomic E-state index is 6.29. The van der Waals surface area contributed by atoms with E-state index >= 15 is 0 Å². The fourth-order valence-corrected chi connectivity index (χ4v) is 2.61. The van der Waals surface area contributed by atoms with Crippen molar-refractivity contribution < 1.29 is 4.74 Å². The van der Waals surface area contributed by atoms with E-state index < -0.39 is 0 Å². The standard InChI is InChI=1S/C17H19NO/c1-11-3-6-13(7-4-11)17-10-15(18)14-9-12(2)5-8-16(14)19-17/h3-9,15,17H,10,18H2,1-2H3. The van der Waals surface area contributed by atoms with Gasteiger partial charge in [-0.25, -0.2) is 0 Å². The third-order valence-electron chi connectivity index (χ3n) is 3.75. The summed E-state index contributed by atoms with van der Waals surface area (Å²) in [6.07, 6.45) is 0.894. The lowest BCUT2D eigenvalue weighted by Gasteiger charge is -2.31. The quantitative estimate of drug-likeness (QED) is 0.838. The van der Waals surface area contributed by atoms with Crippen LogP contribution in [0.3, 0.4) is 0 Å². The molecular weight excluding hydrogens is 234 g/mol. The lowest BCUT2D eigenvalue weighted by Crippen LogP contribution is -2.24. The molecule has 2 N–H and O–H groups in total. The molecule has 0 fully saturated rings. The van der Waals surface area contributed by atoms with Gasteiger partial charge in [-0.2, -0.15) is 0 Å². The van der Waals surface area contributed by atoms with Crippen LogP contribution >= 0.6 is 0 Å². The zero-order chi connectivity index (χ0) is 13.4. The van der Waals surface area contributed by atoms with Crippen molar-refractivity contribution in [3.63, 3.8) is 0 Å². The van der Waals surface area contributed by atoms with Crippen molar-refractivity contribution >= 4 is 0 Å². The molecule has 0 spiro atoms. The second-order valence-corrected chi connectivity index (χ2v) is 5.40. The van der Waals surface area contributed by atoms with E-state index in [-0.39, 0.29) is 12.1 Å². The minimum Gasteiger partial charge on any atom is -0.485 e. The summed E-state index contributed by atoms with van der Waals surface area (Å²) in [5, 5.41) is 0. The van der Waals surface area contributed by atoms with Crippen molar-refractivity contribution in [1.29, 1.82) is 0 Å². The molecule has 3 rings (SSSR count). The number of ether oxygens (including phenoxy) is 1. The molecule has 2 nitrogen and oxygen atoms in total. The number of hydrogen-bond acceptors (Lipinski definition) is 2. The summed E-state index contributed by atoms with van der Waals surface area (Å²) in [7, 11) is 0. The molecule has 0 aromatic heterocycles. The fraction of sp³-hybridized carbons (Fsp3) is 0.294. The molecule has 2 unspecified atom stereocenters. The first-order valence-electron chi connectivity index (χ1n) is 6.73. The zero-order valence-corrected chi connectivity index (χ0v) is 11.4. The molecule has 2 aromatic carbocycles. The maximum atomic E-state index is 6.29. The Hall–Kier alpha value is -1.80. The maximum Gasteiger partial charge on any atom is 0.126 e. The number of fused-ring (bicyclic) bond motifs is 1. The van der Waals surface area contributed by atoms with E-state index in [0.29, 0.717) is 0 Å². The molecule has 2 heteroatoms. The molecule has 1 aliphatic heterocycles. The molecule has 2 atom stereocenters. The molecule has 0 radical (unpaired) electrons. The lowest BCUT2D eigenvalue weighted by molar-refractivity contribution is 0.161. The fourth-order valence-electron chi connectivity index (χ4n) is 2.61. The highest BCUT2D eigenvalue weighted by molar-refractivity contribution is 5.41. The van der Waals surface area contributed by atoms with Gasteiger partial charge in [0.15, 0.2) is 0 Å². The predicted octanol–water partition coefficient (Wildman–Crippen LogP) is 3.83. The van der Waals surface area contributed by atoms with Gasteiger partial charge < -0.3 is 10.5 Å². The summed E-state index contributed by atoms with van der Waals surface area (Å²) in [6.45, 7) is 4.17. The van der Waals surface area contributed by atoms with Gasteiger partial charge in [-0.3, -0.25) is 0 Å². The van der Waals surface area contributed by atoms with Crippen molar-refractivity contribution in [3.05, 3.63) is 64.7 Å². The first kappa shape index (κ1) is 12.2. The third-order valence-corrected chi connectivity index (χ3v) is 3.75. The molecule has 0 saturated carbocycles. The topological polar surface area (TPSA) is 35.2 Å². The monoisotopic (exact) mass is 253 g/mol. The molecule has 1 aliphatic rings. The van der Waals surface area contributed by atoms with Gasteiger partial charge in [0, 0.05) is 18.0 Å². The number of aryl methyl sites for hydroxylation is 2. The summed E-state index contributed by atoms with van der Waals surface area (Å²) < 4.78 is 6.10. The van der Waals surface area contributed by atoms with E-state index in [4.69, 9.17) is 10.5 Å². The van der Waals surface area contributed by atoms with E-state index in [1.54, 1.807) is 0 Å².